The van der Waals surface area contributed by atoms with Gasteiger partial charge in [-0.2, -0.15) is 0 Å². The van der Waals surface area contributed by atoms with E-state index in [0.717, 1.165) is 19.4 Å². The zero-order valence-corrected chi connectivity index (χ0v) is 6.22. The van der Waals surface area contributed by atoms with Crippen molar-refractivity contribution in [1.29, 1.82) is 0 Å². The van der Waals surface area contributed by atoms with Crippen LogP contribution in [0.25, 0.3) is 0 Å². The van der Waals surface area contributed by atoms with Crippen LogP contribution < -0.4 is 5.32 Å². The number of aliphatic hydroxyl groups excluding tert-OH is 1. The number of hydrogen-bond acceptors (Lipinski definition) is 2. The Bertz CT molecular complexity index is 166. The molecule has 2 heteroatoms. The first-order valence-corrected chi connectivity index (χ1v) is 3.65. The van der Waals surface area contributed by atoms with Gasteiger partial charge in [0.1, 0.15) is 0 Å². The van der Waals surface area contributed by atoms with Crippen LogP contribution in [0.5, 0.6) is 0 Å². The lowest BCUT2D eigenvalue weighted by Crippen LogP contribution is -2.13. The molecular formula is C8H13NO. The minimum Gasteiger partial charge on any atom is -0.512 e. The largest absolute Gasteiger partial charge is 0.512 e. The number of rotatable bonds is 2. The van der Waals surface area contributed by atoms with E-state index in [1.165, 1.54) is 5.70 Å². The first-order valence-electron chi connectivity index (χ1n) is 3.65. The average Bonchev–Trinajstić information content (AvgIpc) is 1.95. The van der Waals surface area contributed by atoms with Gasteiger partial charge in [-0.15, -0.1) is 0 Å². The van der Waals surface area contributed by atoms with Gasteiger partial charge < -0.3 is 10.4 Å². The summed E-state index contributed by atoms with van der Waals surface area (Å²) in [5, 5.41) is 12.2. The topological polar surface area (TPSA) is 32.3 Å². The minimum absolute atomic E-state index is 0.488. The molecule has 0 bridgehead atoms. The molecule has 10 heavy (non-hydrogen) atoms. The minimum atomic E-state index is 0.488. The second kappa shape index (κ2) is 3.30. The van der Waals surface area contributed by atoms with E-state index >= 15 is 0 Å². The van der Waals surface area contributed by atoms with E-state index in [4.69, 9.17) is 5.11 Å². The van der Waals surface area contributed by atoms with E-state index in [1.807, 2.05) is 6.08 Å². The van der Waals surface area contributed by atoms with Gasteiger partial charge in [0.05, 0.1) is 5.76 Å². The van der Waals surface area contributed by atoms with Gasteiger partial charge in [0, 0.05) is 18.7 Å². The Morgan fingerprint density at radius 1 is 1.50 bits per heavy atom. The first-order chi connectivity index (χ1) is 4.83. The lowest BCUT2D eigenvalue weighted by atomic mass is 10.1. The smallest absolute Gasteiger partial charge is 0.0927 e. The van der Waals surface area contributed by atoms with Crippen molar-refractivity contribution in [2.24, 2.45) is 0 Å². The Kier molecular flexibility index (Phi) is 2.37. The summed E-state index contributed by atoms with van der Waals surface area (Å²) in [5.41, 5.74) is 1.22. The zero-order valence-electron chi connectivity index (χ0n) is 6.22. The molecular weight excluding hydrogens is 126 g/mol. The molecule has 0 radical (unpaired) electrons. The van der Waals surface area contributed by atoms with Crippen LogP contribution in [-0.4, -0.2) is 11.7 Å². The van der Waals surface area contributed by atoms with Crippen molar-refractivity contribution >= 4 is 0 Å². The summed E-state index contributed by atoms with van der Waals surface area (Å²) in [6.07, 6.45) is 5.40. The van der Waals surface area contributed by atoms with Crippen molar-refractivity contribution in [3.63, 3.8) is 0 Å². The van der Waals surface area contributed by atoms with Gasteiger partial charge in [-0.25, -0.2) is 0 Å². The Balaban J connectivity index is 2.47. The third-order valence-corrected chi connectivity index (χ3v) is 1.53. The third kappa shape index (κ3) is 1.79. The van der Waals surface area contributed by atoms with Crippen LogP contribution in [0.15, 0.2) is 23.6 Å². The summed E-state index contributed by atoms with van der Waals surface area (Å²) in [6, 6.07) is 0. The molecule has 0 saturated carbocycles. The molecule has 0 spiro atoms. The van der Waals surface area contributed by atoms with Crippen LogP contribution >= 0.6 is 0 Å². The van der Waals surface area contributed by atoms with Crippen LogP contribution in [0, 0.1) is 0 Å². The van der Waals surface area contributed by atoms with Crippen LogP contribution in [0.4, 0.5) is 0 Å². The van der Waals surface area contributed by atoms with Crippen LogP contribution in [0.1, 0.15) is 19.8 Å². The maximum Gasteiger partial charge on any atom is 0.0927 e. The van der Waals surface area contributed by atoms with E-state index < -0.39 is 0 Å². The van der Waals surface area contributed by atoms with Gasteiger partial charge in [0.15, 0.2) is 0 Å². The molecule has 1 aliphatic carbocycles. The Hall–Kier alpha value is -0.920. The molecule has 56 valence electrons. The summed E-state index contributed by atoms with van der Waals surface area (Å²) in [6.45, 7) is 3.03. The highest BCUT2D eigenvalue weighted by Crippen LogP contribution is 2.13. The molecule has 0 aromatic carbocycles. The molecule has 0 aromatic heterocycles. The van der Waals surface area contributed by atoms with E-state index in [-0.39, 0.29) is 0 Å². The highest BCUT2D eigenvalue weighted by molar-refractivity contribution is 5.18. The molecule has 0 saturated heterocycles. The quantitative estimate of drug-likeness (QED) is 0.610. The van der Waals surface area contributed by atoms with Gasteiger partial charge in [-0.1, -0.05) is 0 Å². The van der Waals surface area contributed by atoms with Crippen LogP contribution in [0.3, 0.4) is 0 Å². The zero-order chi connectivity index (χ0) is 7.40. The fourth-order valence-corrected chi connectivity index (χ4v) is 1.00. The maximum atomic E-state index is 8.98. The van der Waals surface area contributed by atoms with Crippen molar-refractivity contribution in [3.8, 4) is 0 Å². The second-order valence-corrected chi connectivity index (χ2v) is 2.38. The summed E-state index contributed by atoms with van der Waals surface area (Å²) < 4.78 is 0. The van der Waals surface area contributed by atoms with Crippen LogP contribution in [0.2, 0.25) is 0 Å². The van der Waals surface area contributed by atoms with Crippen molar-refractivity contribution in [2.75, 3.05) is 6.54 Å². The van der Waals surface area contributed by atoms with Crippen molar-refractivity contribution in [3.05, 3.63) is 23.6 Å². The maximum absolute atomic E-state index is 8.98. The molecule has 0 atom stereocenters. The number of allylic oxidation sites excluding steroid dienone is 4. The predicted octanol–water partition coefficient (Wildman–Crippen LogP) is 1.72. The molecule has 2 N–H and O–H groups in total. The second-order valence-electron chi connectivity index (χ2n) is 2.38. The summed E-state index contributed by atoms with van der Waals surface area (Å²) in [7, 11) is 0. The normalized spacial score (nSPS) is 17.7. The van der Waals surface area contributed by atoms with Gasteiger partial charge in [-0.05, 0) is 25.5 Å². The molecule has 1 aliphatic rings. The lowest BCUT2D eigenvalue weighted by molar-refractivity contribution is 0.384. The Morgan fingerprint density at radius 2 is 2.30 bits per heavy atom. The molecule has 0 amide bonds. The Labute approximate surface area is 61.3 Å². The monoisotopic (exact) mass is 139 g/mol. The van der Waals surface area contributed by atoms with Gasteiger partial charge in [-0.3, -0.25) is 0 Å². The van der Waals surface area contributed by atoms with Crippen molar-refractivity contribution < 1.29 is 5.11 Å². The predicted molar refractivity (Wildman–Crippen MR) is 41.7 cm³/mol. The highest BCUT2D eigenvalue weighted by atomic mass is 16.3. The van der Waals surface area contributed by atoms with E-state index in [0.29, 0.717) is 5.76 Å². The Morgan fingerprint density at radius 3 is 2.80 bits per heavy atom. The SMILES string of the molecule is CCNC1=CC=C(O)CC1. The van der Waals surface area contributed by atoms with Gasteiger partial charge in [0.25, 0.3) is 0 Å². The van der Waals surface area contributed by atoms with Gasteiger partial charge in [0.2, 0.25) is 0 Å². The number of hydrogen-bond donors (Lipinski definition) is 2. The summed E-state index contributed by atoms with van der Waals surface area (Å²) >= 11 is 0. The molecule has 0 aromatic rings. The summed E-state index contributed by atoms with van der Waals surface area (Å²) in [5.74, 6) is 0.488. The standard InChI is InChI=1S/C8H13NO/c1-2-9-7-3-5-8(10)6-4-7/h3,5,9-10H,2,4,6H2,1H3. The fraction of sp³-hybridized carbons (Fsp3) is 0.500. The van der Waals surface area contributed by atoms with E-state index in [1.54, 1.807) is 6.08 Å². The van der Waals surface area contributed by atoms with Crippen molar-refractivity contribution in [1.82, 2.24) is 5.32 Å². The van der Waals surface area contributed by atoms with Crippen molar-refractivity contribution in [2.45, 2.75) is 19.8 Å². The highest BCUT2D eigenvalue weighted by Gasteiger charge is 2.02. The summed E-state index contributed by atoms with van der Waals surface area (Å²) in [4.78, 5) is 0. The number of nitrogens with one attached hydrogen (secondary N) is 1. The molecule has 0 aliphatic heterocycles. The molecule has 1 rings (SSSR count). The molecule has 0 fully saturated rings. The van der Waals surface area contributed by atoms with Crippen LogP contribution in [-0.2, 0) is 0 Å². The number of aliphatic hydroxyl groups is 1. The fourth-order valence-electron chi connectivity index (χ4n) is 1.00. The molecule has 0 heterocycles. The van der Waals surface area contributed by atoms with Gasteiger partial charge >= 0.3 is 0 Å². The molecule has 0 unspecified atom stereocenters. The molecule has 2 nitrogen and oxygen atoms in total. The van der Waals surface area contributed by atoms with E-state index in [9.17, 15) is 0 Å². The van der Waals surface area contributed by atoms with E-state index in [2.05, 4.69) is 12.2 Å². The average molecular weight is 139 g/mol. The third-order valence-electron chi connectivity index (χ3n) is 1.53. The first kappa shape index (κ1) is 7.19. The lowest BCUT2D eigenvalue weighted by Gasteiger charge is -2.11.